The number of nitrogens with zero attached hydrogens (tertiary/aromatic N) is 1. The van der Waals surface area contributed by atoms with Crippen molar-refractivity contribution >= 4 is 17.0 Å². The lowest BCUT2D eigenvalue weighted by atomic mass is 9.74. The van der Waals surface area contributed by atoms with Gasteiger partial charge in [-0.3, -0.25) is 0 Å². The van der Waals surface area contributed by atoms with E-state index >= 15 is 0 Å². The Labute approximate surface area is 140 Å². The number of para-hydroxylation sites is 2. The van der Waals surface area contributed by atoms with Crippen molar-refractivity contribution in [3.05, 3.63) is 59.9 Å². The normalized spacial score (nSPS) is 17.0. The summed E-state index contributed by atoms with van der Waals surface area (Å²) in [5.41, 5.74) is 3.05. The molecule has 1 saturated heterocycles. The number of aromatic amines is 1. The van der Waals surface area contributed by atoms with E-state index in [9.17, 15) is 4.39 Å². The Kier molecular flexibility index (Phi) is 3.94. The lowest BCUT2D eigenvalue weighted by molar-refractivity contribution is 0.0543. The third-order valence-corrected chi connectivity index (χ3v) is 4.89. The molecule has 2 heterocycles. The molecule has 0 amide bonds. The summed E-state index contributed by atoms with van der Waals surface area (Å²) in [4.78, 5) is 7.88. The van der Waals surface area contributed by atoms with Gasteiger partial charge in [-0.25, -0.2) is 9.37 Å². The van der Waals surface area contributed by atoms with Crippen molar-refractivity contribution in [2.75, 3.05) is 25.1 Å². The summed E-state index contributed by atoms with van der Waals surface area (Å²) < 4.78 is 18.8. The topological polar surface area (TPSA) is 49.9 Å². The summed E-state index contributed by atoms with van der Waals surface area (Å²) in [6.45, 7) is 2.18. The molecule has 24 heavy (non-hydrogen) atoms. The van der Waals surface area contributed by atoms with Crippen molar-refractivity contribution in [3.63, 3.8) is 0 Å². The SMILES string of the molecule is Fc1ccc(C2(CNc3nc4ccccc4[nH]3)CCOCC2)cc1. The highest BCUT2D eigenvalue weighted by molar-refractivity contribution is 5.77. The number of benzene rings is 2. The van der Waals surface area contributed by atoms with Crippen molar-refractivity contribution in [3.8, 4) is 0 Å². The van der Waals surface area contributed by atoms with Gasteiger partial charge in [-0.15, -0.1) is 0 Å². The predicted molar refractivity (Wildman–Crippen MR) is 92.7 cm³/mol. The number of hydrogen-bond acceptors (Lipinski definition) is 3. The van der Waals surface area contributed by atoms with E-state index in [-0.39, 0.29) is 11.2 Å². The molecule has 2 N–H and O–H groups in total. The molecule has 1 aliphatic rings. The number of hydrogen-bond donors (Lipinski definition) is 2. The number of rotatable bonds is 4. The largest absolute Gasteiger partial charge is 0.381 e. The second-order valence-electron chi connectivity index (χ2n) is 6.36. The van der Waals surface area contributed by atoms with Crippen molar-refractivity contribution < 1.29 is 9.13 Å². The quantitative estimate of drug-likeness (QED) is 0.766. The van der Waals surface area contributed by atoms with Crippen LogP contribution in [0.4, 0.5) is 10.3 Å². The Morgan fingerprint density at radius 2 is 1.83 bits per heavy atom. The molecule has 1 aliphatic heterocycles. The second-order valence-corrected chi connectivity index (χ2v) is 6.36. The first-order valence-corrected chi connectivity index (χ1v) is 8.28. The fraction of sp³-hybridized carbons (Fsp3) is 0.316. The van der Waals surface area contributed by atoms with Gasteiger partial charge in [0, 0.05) is 25.2 Å². The van der Waals surface area contributed by atoms with Gasteiger partial charge in [-0.05, 0) is 42.7 Å². The highest BCUT2D eigenvalue weighted by Crippen LogP contribution is 2.35. The zero-order valence-corrected chi connectivity index (χ0v) is 13.4. The highest BCUT2D eigenvalue weighted by Gasteiger charge is 2.34. The maximum absolute atomic E-state index is 13.3. The molecule has 3 aromatic rings. The van der Waals surface area contributed by atoms with E-state index in [1.807, 2.05) is 36.4 Å². The van der Waals surface area contributed by atoms with Gasteiger partial charge in [0.2, 0.25) is 5.95 Å². The number of anilines is 1. The standard InChI is InChI=1S/C19H20FN3O/c20-15-7-5-14(6-8-15)19(9-11-24-12-10-19)13-21-18-22-16-3-1-2-4-17(16)23-18/h1-8H,9-13H2,(H2,21,22,23). The van der Waals surface area contributed by atoms with Crippen molar-refractivity contribution in [1.29, 1.82) is 0 Å². The average molecular weight is 325 g/mol. The minimum absolute atomic E-state index is 0.0646. The molecule has 0 radical (unpaired) electrons. The minimum atomic E-state index is -0.203. The number of fused-ring (bicyclic) bond motifs is 1. The van der Waals surface area contributed by atoms with E-state index in [1.54, 1.807) is 0 Å². The number of H-pyrrole nitrogens is 1. The third kappa shape index (κ3) is 2.87. The summed E-state index contributed by atoms with van der Waals surface area (Å²) in [6.07, 6.45) is 1.82. The summed E-state index contributed by atoms with van der Waals surface area (Å²) in [6, 6.07) is 14.8. The van der Waals surface area contributed by atoms with E-state index in [1.165, 1.54) is 12.1 Å². The van der Waals surface area contributed by atoms with E-state index in [0.29, 0.717) is 0 Å². The Balaban J connectivity index is 1.58. The molecule has 4 nitrogen and oxygen atoms in total. The van der Waals surface area contributed by atoms with Gasteiger partial charge in [0.15, 0.2) is 0 Å². The lowest BCUT2D eigenvalue weighted by Crippen LogP contribution is -2.40. The lowest BCUT2D eigenvalue weighted by Gasteiger charge is -2.38. The molecular weight excluding hydrogens is 305 g/mol. The molecule has 0 unspecified atom stereocenters. The Bertz CT molecular complexity index is 789. The van der Waals surface area contributed by atoms with Crippen molar-refractivity contribution in [2.24, 2.45) is 0 Å². The fourth-order valence-corrected chi connectivity index (χ4v) is 3.42. The van der Waals surface area contributed by atoms with Crippen molar-refractivity contribution in [1.82, 2.24) is 9.97 Å². The Hall–Kier alpha value is -2.40. The van der Waals surface area contributed by atoms with Gasteiger partial charge in [0.25, 0.3) is 0 Å². The van der Waals surface area contributed by atoms with Crippen LogP contribution in [-0.2, 0) is 10.2 Å². The second kappa shape index (κ2) is 6.24. The monoisotopic (exact) mass is 325 g/mol. The first-order valence-electron chi connectivity index (χ1n) is 8.28. The molecule has 2 aromatic carbocycles. The minimum Gasteiger partial charge on any atom is -0.381 e. The smallest absolute Gasteiger partial charge is 0.201 e. The molecule has 0 aliphatic carbocycles. The first-order chi connectivity index (χ1) is 11.8. The van der Waals surface area contributed by atoms with Crippen LogP contribution in [0.2, 0.25) is 0 Å². The van der Waals surface area contributed by atoms with Crippen LogP contribution in [0.25, 0.3) is 11.0 Å². The molecule has 0 atom stereocenters. The molecule has 0 bridgehead atoms. The summed E-state index contributed by atoms with van der Waals surface area (Å²) in [5.74, 6) is 0.565. The van der Waals surface area contributed by atoms with Gasteiger partial charge in [-0.1, -0.05) is 24.3 Å². The van der Waals surface area contributed by atoms with E-state index in [4.69, 9.17) is 4.74 Å². The first kappa shape index (κ1) is 15.1. The molecule has 0 saturated carbocycles. The summed E-state index contributed by atoms with van der Waals surface area (Å²) in [5, 5.41) is 3.44. The van der Waals surface area contributed by atoms with Crippen LogP contribution in [0.1, 0.15) is 18.4 Å². The number of nitrogens with one attached hydrogen (secondary N) is 2. The van der Waals surface area contributed by atoms with Gasteiger partial charge in [0.1, 0.15) is 5.82 Å². The van der Waals surface area contributed by atoms with Crippen LogP contribution in [0.5, 0.6) is 0 Å². The maximum atomic E-state index is 13.3. The van der Waals surface area contributed by atoms with Crippen LogP contribution >= 0.6 is 0 Å². The highest BCUT2D eigenvalue weighted by atomic mass is 19.1. The van der Waals surface area contributed by atoms with Crippen LogP contribution in [-0.4, -0.2) is 29.7 Å². The van der Waals surface area contributed by atoms with E-state index < -0.39 is 0 Å². The van der Waals surface area contributed by atoms with Crippen LogP contribution < -0.4 is 5.32 Å². The van der Waals surface area contributed by atoms with Crippen LogP contribution in [0.15, 0.2) is 48.5 Å². The number of aromatic nitrogens is 2. The number of halogens is 1. The predicted octanol–water partition coefficient (Wildman–Crippen LogP) is 3.86. The molecule has 124 valence electrons. The zero-order chi connectivity index (χ0) is 16.4. The van der Waals surface area contributed by atoms with Crippen LogP contribution in [0, 0.1) is 5.82 Å². The maximum Gasteiger partial charge on any atom is 0.201 e. The Morgan fingerprint density at radius 1 is 1.08 bits per heavy atom. The summed E-state index contributed by atoms with van der Waals surface area (Å²) >= 11 is 0. The molecular formula is C19H20FN3O. The average Bonchev–Trinajstić information content (AvgIpc) is 3.04. The van der Waals surface area contributed by atoms with Gasteiger partial charge in [0.05, 0.1) is 11.0 Å². The third-order valence-electron chi connectivity index (χ3n) is 4.89. The van der Waals surface area contributed by atoms with Gasteiger partial charge < -0.3 is 15.0 Å². The van der Waals surface area contributed by atoms with Gasteiger partial charge >= 0.3 is 0 Å². The van der Waals surface area contributed by atoms with Gasteiger partial charge in [-0.2, -0.15) is 0 Å². The Morgan fingerprint density at radius 3 is 2.58 bits per heavy atom. The number of imidazole rings is 1. The van der Waals surface area contributed by atoms with Crippen molar-refractivity contribution in [2.45, 2.75) is 18.3 Å². The molecule has 5 heteroatoms. The number of ether oxygens (including phenoxy) is 1. The molecule has 0 spiro atoms. The van der Waals surface area contributed by atoms with Crippen LogP contribution in [0.3, 0.4) is 0 Å². The van der Waals surface area contributed by atoms with E-state index in [2.05, 4.69) is 15.3 Å². The summed E-state index contributed by atoms with van der Waals surface area (Å²) in [7, 11) is 0. The van der Waals surface area contributed by atoms with E-state index in [0.717, 1.165) is 55.1 Å². The fourth-order valence-electron chi connectivity index (χ4n) is 3.42. The zero-order valence-electron chi connectivity index (χ0n) is 13.4. The molecule has 1 aromatic heterocycles. The molecule has 1 fully saturated rings. The molecule has 4 rings (SSSR count).